The highest BCUT2D eigenvalue weighted by Gasteiger charge is 2.19. The number of amides is 1. The highest BCUT2D eigenvalue weighted by atomic mass is 32.2. The average Bonchev–Trinajstić information content (AvgIpc) is 3.28. The Balaban J connectivity index is 0.00000161. The third-order valence-electron chi connectivity index (χ3n) is 5.30. The van der Waals surface area contributed by atoms with Crippen molar-refractivity contribution in [2.24, 2.45) is 9.98 Å². The number of aliphatic imine (C=N–C) groups is 2. The Morgan fingerprint density at radius 3 is 2.92 bits per heavy atom. The van der Waals surface area contributed by atoms with Gasteiger partial charge in [0.05, 0.1) is 19.8 Å². The van der Waals surface area contributed by atoms with E-state index in [1.807, 2.05) is 37.4 Å². The van der Waals surface area contributed by atoms with Crippen LogP contribution in [0.25, 0.3) is 0 Å². The molecular formula is C30H39FN4O2S. The van der Waals surface area contributed by atoms with E-state index in [9.17, 15) is 9.18 Å². The maximum atomic E-state index is 11.9. The first-order valence-electron chi connectivity index (χ1n) is 13.0. The lowest BCUT2D eigenvalue weighted by atomic mass is 10.1. The fraction of sp³-hybridized carbons (Fsp3) is 0.367. The van der Waals surface area contributed by atoms with Gasteiger partial charge in [-0.2, -0.15) is 0 Å². The minimum atomic E-state index is -0.250. The number of alkyl halides is 1. The predicted octanol–water partition coefficient (Wildman–Crippen LogP) is 6.30. The average molecular weight is 539 g/mol. The summed E-state index contributed by atoms with van der Waals surface area (Å²) in [7, 11) is 0. The van der Waals surface area contributed by atoms with Gasteiger partial charge in [-0.15, -0.1) is 0 Å². The fourth-order valence-electron chi connectivity index (χ4n) is 3.50. The second-order valence-corrected chi connectivity index (χ2v) is 9.31. The smallest absolute Gasteiger partial charge is 0.223 e. The van der Waals surface area contributed by atoms with Gasteiger partial charge in [-0.3, -0.25) is 19.2 Å². The summed E-state index contributed by atoms with van der Waals surface area (Å²) in [6.07, 6.45) is 16.5. The van der Waals surface area contributed by atoms with Crippen molar-refractivity contribution in [1.29, 1.82) is 0 Å². The molecule has 2 aliphatic heterocycles. The van der Waals surface area contributed by atoms with E-state index in [-0.39, 0.29) is 12.6 Å². The van der Waals surface area contributed by atoms with Gasteiger partial charge in [0, 0.05) is 53.0 Å². The Kier molecular flexibility index (Phi) is 15.4. The summed E-state index contributed by atoms with van der Waals surface area (Å²) in [5.41, 5.74) is 3.22. The van der Waals surface area contributed by atoms with Crippen molar-refractivity contribution in [3.8, 4) is 0 Å². The van der Waals surface area contributed by atoms with Crippen LogP contribution in [0.1, 0.15) is 45.1 Å². The highest BCUT2D eigenvalue weighted by Crippen LogP contribution is 2.36. The van der Waals surface area contributed by atoms with Gasteiger partial charge in [0.25, 0.3) is 0 Å². The molecule has 8 heteroatoms. The quantitative estimate of drug-likeness (QED) is 0.242. The summed E-state index contributed by atoms with van der Waals surface area (Å²) in [6.45, 7) is 9.52. The predicted molar refractivity (Wildman–Crippen MR) is 159 cm³/mol. The molecule has 0 aromatic heterocycles. The van der Waals surface area contributed by atoms with Crippen molar-refractivity contribution in [3.63, 3.8) is 0 Å². The molecule has 204 valence electrons. The number of allylic oxidation sites excluding steroid dienone is 5. The summed E-state index contributed by atoms with van der Waals surface area (Å²) in [5, 5.41) is 6.38. The summed E-state index contributed by atoms with van der Waals surface area (Å²) in [4.78, 5) is 23.4. The molecule has 0 spiro atoms. The zero-order chi connectivity index (χ0) is 27.4. The fourth-order valence-corrected chi connectivity index (χ4v) is 4.65. The Hall–Kier alpha value is -3.23. The topological polar surface area (TPSA) is 75.1 Å². The number of rotatable bonds is 12. The van der Waals surface area contributed by atoms with Gasteiger partial charge in [-0.1, -0.05) is 54.8 Å². The number of hydrogen-bond acceptors (Lipinski definition) is 5. The van der Waals surface area contributed by atoms with Gasteiger partial charge in [0.1, 0.15) is 5.84 Å². The van der Waals surface area contributed by atoms with E-state index in [1.165, 1.54) is 11.8 Å². The van der Waals surface area contributed by atoms with Crippen LogP contribution in [-0.4, -0.2) is 50.9 Å². The van der Waals surface area contributed by atoms with Crippen molar-refractivity contribution in [2.75, 3.05) is 33.0 Å². The molecule has 0 bridgehead atoms. The van der Waals surface area contributed by atoms with E-state index in [2.05, 4.69) is 52.6 Å². The monoisotopic (exact) mass is 538 g/mol. The zero-order valence-corrected chi connectivity index (χ0v) is 23.2. The maximum Gasteiger partial charge on any atom is 0.223 e. The van der Waals surface area contributed by atoms with Crippen molar-refractivity contribution in [1.82, 2.24) is 10.6 Å². The summed E-state index contributed by atoms with van der Waals surface area (Å²) < 4.78 is 15.5. The molecule has 2 heterocycles. The Morgan fingerprint density at radius 2 is 2.13 bits per heavy atom. The number of nitrogens with zero attached hydrogens (tertiary/aromatic N) is 2. The van der Waals surface area contributed by atoms with Crippen LogP contribution < -0.4 is 10.6 Å². The maximum absolute atomic E-state index is 11.9. The lowest BCUT2D eigenvalue weighted by Crippen LogP contribution is -2.26. The molecule has 0 atom stereocenters. The van der Waals surface area contributed by atoms with Crippen molar-refractivity contribution in [2.45, 2.75) is 44.4 Å². The molecule has 3 rings (SSSR count). The van der Waals surface area contributed by atoms with E-state index < -0.39 is 0 Å². The van der Waals surface area contributed by atoms with Crippen molar-refractivity contribution >= 4 is 29.7 Å². The van der Waals surface area contributed by atoms with Gasteiger partial charge in [0.2, 0.25) is 5.91 Å². The van der Waals surface area contributed by atoms with E-state index in [1.54, 1.807) is 18.0 Å². The van der Waals surface area contributed by atoms with Crippen LogP contribution in [0.3, 0.4) is 0 Å². The van der Waals surface area contributed by atoms with E-state index in [0.29, 0.717) is 32.7 Å². The van der Waals surface area contributed by atoms with Crippen molar-refractivity contribution in [3.05, 3.63) is 89.2 Å². The number of ether oxygens (including phenoxy) is 1. The molecular weight excluding hydrogens is 499 g/mol. The summed E-state index contributed by atoms with van der Waals surface area (Å²) >= 11 is 1.75. The number of thioether (sulfide) groups is 1. The Bertz CT molecular complexity index is 1090. The molecule has 2 N–H and O–H groups in total. The molecule has 1 amide bonds. The second-order valence-electron chi connectivity index (χ2n) is 8.18. The van der Waals surface area contributed by atoms with E-state index >= 15 is 0 Å². The van der Waals surface area contributed by atoms with Crippen LogP contribution in [0.4, 0.5) is 4.39 Å². The number of carbonyl (C=O) groups excluding carboxylic acids is 1. The number of hydrogen-bond donors (Lipinski definition) is 2. The molecule has 2 aliphatic rings. The van der Waals surface area contributed by atoms with E-state index in [4.69, 9.17) is 9.73 Å². The van der Waals surface area contributed by atoms with Crippen LogP contribution in [-0.2, 0) is 9.53 Å². The SMILES string of the molecule is C=CC1=C(CC/C=C\CC(=O)NCCOCC)Sc2ccccc2C(=NCC2=CN=CC=CC2)N1.CCF. The Labute approximate surface area is 230 Å². The minimum absolute atomic E-state index is 0.0113. The number of nitrogens with one attached hydrogen (secondary N) is 2. The van der Waals surface area contributed by atoms with Gasteiger partial charge < -0.3 is 15.4 Å². The number of fused-ring (bicyclic) bond motifs is 1. The molecule has 0 saturated carbocycles. The normalized spacial score (nSPS) is 15.7. The standard InChI is InChI=1S/C28H34N4O2S.C2H5F/c1-3-24-26(15-6-5-7-16-27(33)30-18-19-34-4-2)35-25-14-9-8-13-23(25)28(32-24)31-21-22-12-10-11-17-29-20-22;1-2-3/h3,5,7-11,13-14,17,20H,1,4,6,12,15-16,18-19,21H2,2H3,(H,30,33)(H,31,32);2H2,1H3/b7-5-;. The molecule has 0 aliphatic carbocycles. The molecule has 6 nitrogen and oxygen atoms in total. The van der Waals surface area contributed by atoms with Gasteiger partial charge in [-0.05, 0) is 56.9 Å². The van der Waals surface area contributed by atoms with Gasteiger partial charge in [0.15, 0.2) is 0 Å². The number of halogens is 1. The first-order chi connectivity index (χ1) is 18.6. The van der Waals surface area contributed by atoms with Crippen LogP contribution >= 0.6 is 11.8 Å². The van der Waals surface area contributed by atoms with Crippen LogP contribution in [0.15, 0.2) is 98.5 Å². The zero-order valence-electron chi connectivity index (χ0n) is 22.4. The summed E-state index contributed by atoms with van der Waals surface area (Å²) in [6, 6.07) is 8.32. The lowest BCUT2D eigenvalue weighted by Gasteiger charge is -2.11. The molecule has 0 radical (unpaired) electrons. The number of amidine groups is 1. The molecule has 0 saturated heterocycles. The summed E-state index contributed by atoms with van der Waals surface area (Å²) in [5.74, 6) is 0.854. The van der Waals surface area contributed by atoms with Crippen molar-refractivity contribution < 1.29 is 13.9 Å². The van der Waals surface area contributed by atoms with Crippen LogP contribution in [0, 0.1) is 0 Å². The molecule has 1 aromatic rings. The molecule has 0 fully saturated rings. The van der Waals surface area contributed by atoms with Gasteiger partial charge >= 0.3 is 0 Å². The first kappa shape index (κ1) is 31.0. The first-order valence-corrected chi connectivity index (χ1v) is 13.8. The molecule has 1 aromatic carbocycles. The minimum Gasteiger partial charge on any atom is -0.380 e. The molecule has 38 heavy (non-hydrogen) atoms. The van der Waals surface area contributed by atoms with E-state index in [0.717, 1.165) is 46.8 Å². The number of carbonyl (C=O) groups is 1. The van der Waals surface area contributed by atoms with Gasteiger partial charge in [-0.25, -0.2) is 0 Å². The second kappa shape index (κ2) is 18.9. The van der Waals surface area contributed by atoms with Crippen LogP contribution in [0.5, 0.6) is 0 Å². The third-order valence-corrected chi connectivity index (χ3v) is 6.55. The third kappa shape index (κ3) is 11.4. The number of benzene rings is 1. The lowest BCUT2D eigenvalue weighted by molar-refractivity contribution is -0.120. The molecule has 0 unspecified atom stereocenters. The Morgan fingerprint density at radius 1 is 1.32 bits per heavy atom. The van der Waals surface area contributed by atoms with Crippen LogP contribution in [0.2, 0.25) is 0 Å². The largest absolute Gasteiger partial charge is 0.380 e. The highest BCUT2D eigenvalue weighted by molar-refractivity contribution is 8.03.